The summed E-state index contributed by atoms with van der Waals surface area (Å²) in [5.74, 6) is 1.80. The zero-order valence-corrected chi connectivity index (χ0v) is 10.7. The van der Waals surface area contributed by atoms with E-state index in [9.17, 15) is 8.42 Å². The SMILES string of the molecule is CCS(=O)Cc1ccccc1CS(C)=O. The van der Waals surface area contributed by atoms with E-state index in [0.717, 1.165) is 11.1 Å². The minimum atomic E-state index is -0.843. The van der Waals surface area contributed by atoms with Crippen molar-refractivity contribution in [3.8, 4) is 0 Å². The van der Waals surface area contributed by atoms with E-state index in [1.807, 2.05) is 31.2 Å². The van der Waals surface area contributed by atoms with Crippen LogP contribution in [0.2, 0.25) is 0 Å². The minimum Gasteiger partial charge on any atom is -0.260 e. The molecule has 2 atom stereocenters. The zero-order chi connectivity index (χ0) is 11.3. The molecule has 1 aromatic carbocycles. The largest absolute Gasteiger partial charge is 0.260 e. The van der Waals surface area contributed by atoms with Crippen LogP contribution in [-0.2, 0) is 33.1 Å². The molecule has 0 saturated carbocycles. The summed E-state index contributed by atoms with van der Waals surface area (Å²) in [6.45, 7) is 1.91. The molecule has 0 amide bonds. The molecule has 2 nitrogen and oxygen atoms in total. The molecule has 0 radical (unpaired) electrons. The molecule has 0 heterocycles. The Morgan fingerprint density at radius 1 is 1.07 bits per heavy atom. The van der Waals surface area contributed by atoms with E-state index in [0.29, 0.717) is 17.3 Å². The lowest BCUT2D eigenvalue weighted by Crippen LogP contribution is -2.03. The Kier molecular flexibility index (Phi) is 5.19. The van der Waals surface area contributed by atoms with Crippen molar-refractivity contribution in [3.63, 3.8) is 0 Å². The van der Waals surface area contributed by atoms with Crippen molar-refractivity contribution >= 4 is 21.6 Å². The molecule has 1 rings (SSSR count). The Balaban J connectivity index is 2.85. The molecule has 84 valence electrons. The first kappa shape index (κ1) is 12.6. The second-order valence-corrected chi connectivity index (χ2v) is 6.54. The first-order valence-corrected chi connectivity index (χ1v) is 8.06. The van der Waals surface area contributed by atoms with Gasteiger partial charge in [-0.05, 0) is 11.1 Å². The molecular weight excluding hydrogens is 228 g/mol. The molecule has 15 heavy (non-hydrogen) atoms. The third-order valence-electron chi connectivity index (χ3n) is 2.12. The van der Waals surface area contributed by atoms with Gasteiger partial charge < -0.3 is 0 Å². The summed E-state index contributed by atoms with van der Waals surface area (Å²) in [5, 5.41) is 0. The fourth-order valence-corrected chi connectivity index (χ4v) is 2.89. The van der Waals surface area contributed by atoms with Crippen LogP contribution in [0.3, 0.4) is 0 Å². The number of rotatable bonds is 5. The smallest absolute Gasteiger partial charge is 0.0488 e. The summed E-state index contributed by atoms with van der Waals surface area (Å²) in [5.41, 5.74) is 2.12. The van der Waals surface area contributed by atoms with Crippen molar-refractivity contribution in [2.45, 2.75) is 18.4 Å². The molecule has 0 saturated heterocycles. The lowest BCUT2D eigenvalue weighted by Gasteiger charge is -2.07. The molecule has 4 heteroatoms. The molecule has 0 aliphatic carbocycles. The average Bonchev–Trinajstić information content (AvgIpc) is 2.20. The standard InChI is InChI=1S/C11H16O2S2/c1-3-15(13)9-11-7-5-4-6-10(11)8-14(2)12/h4-7H,3,8-9H2,1-2H3. The van der Waals surface area contributed by atoms with Crippen LogP contribution < -0.4 is 0 Å². The predicted octanol–water partition coefficient (Wildman–Crippen LogP) is 1.83. The summed E-state index contributed by atoms with van der Waals surface area (Å²) in [6, 6.07) is 7.80. The third kappa shape index (κ3) is 4.26. The van der Waals surface area contributed by atoms with Crippen molar-refractivity contribution in [1.29, 1.82) is 0 Å². The van der Waals surface area contributed by atoms with Crippen LogP contribution in [0.5, 0.6) is 0 Å². The van der Waals surface area contributed by atoms with Crippen molar-refractivity contribution in [2.75, 3.05) is 12.0 Å². The van der Waals surface area contributed by atoms with Crippen LogP contribution in [0.1, 0.15) is 18.1 Å². The van der Waals surface area contributed by atoms with E-state index in [-0.39, 0.29) is 0 Å². The number of hydrogen-bond donors (Lipinski definition) is 0. The fraction of sp³-hybridized carbons (Fsp3) is 0.455. The van der Waals surface area contributed by atoms with Crippen molar-refractivity contribution in [1.82, 2.24) is 0 Å². The van der Waals surface area contributed by atoms with Crippen LogP contribution >= 0.6 is 0 Å². The van der Waals surface area contributed by atoms with Gasteiger partial charge in [0.25, 0.3) is 0 Å². The molecule has 0 fully saturated rings. The third-order valence-corrected chi connectivity index (χ3v) is 4.11. The summed E-state index contributed by atoms with van der Waals surface area (Å²) in [4.78, 5) is 0. The lowest BCUT2D eigenvalue weighted by atomic mass is 10.1. The molecule has 1 aromatic rings. The van der Waals surface area contributed by atoms with Gasteiger partial charge in [-0.15, -0.1) is 0 Å². The second kappa shape index (κ2) is 6.18. The second-order valence-electron chi connectivity index (χ2n) is 3.36. The van der Waals surface area contributed by atoms with Gasteiger partial charge in [0.1, 0.15) is 0 Å². The fourth-order valence-electron chi connectivity index (χ4n) is 1.33. The summed E-state index contributed by atoms with van der Waals surface area (Å²) < 4.78 is 22.6. The molecule has 0 aliphatic rings. The van der Waals surface area contributed by atoms with E-state index in [2.05, 4.69) is 0 Å². The minimum absolute atomic E-state index is 0.553. The van der Waals surface area contributed by atoms with E-state index >= 15 is 0 Å². The molecule has 0 bridgehead atoms. The van der Waals surface area contributed by atoms with Gasteiger partial charge in [-0.1, -0.05) is 31.2 Å². The maximum atomic E-state index is 11.5. The monoisotopic (exact) mass is 244 g/mol. The highest BCUT2D eigenvalue weighted by molar-refractivity contribution is 7.84. The highest BCUT2D eigenvalue weighted by atomic mass is 32.2. The van der Waals surface area contributed by atoms with Gasteiger partial charge in [0.15, 0.2) is 0 Å². The average molecular weight is 244 g/mol. The molecule has 0 spiro atoms. The maximum absolute atomic E-state index is 11.5. The highest BCUT2D eigenvalue weighted by Gasteiger charge is 2.06. The van der Waals surface area contributed by atoms with E-state index in [1.165, 1.54) is 0 Å². The Morgan fingerprint density at radius 3 is 2.07 bits per heavy atom. The Morgan fingerprint density at radius 2 is 1.60 bits per heavy atom. The highest BCUT2D eigenvalue weighted by Crippen LogP contribution is 2.13. The normalized spacial score (nSPS) is 14.8. The Hall–Kier alpha value is -0.480. The van der Waals surface area contributed by atoms with Gasteiger partial charge in [-0.25, -0.2) is 0 Å². The van der Waals surface area contributed by atoms with Gasteiger partial charge in [0.2, 0.25) is 0 Å². The molecule has 0 N–H and O–H groups in total. The lowest BCUT2D eigenvalue weighted by molar-refractivity contribution is 0.682. The van der Waals surface area contributed by atoms with E-state index in [1.54, 1.807) is 6.26 Å². The van der Waals surface area contributed by atoms with Crippen molar-refractivity contribution < 1.29 is 8.42 Å². The molecular formula is C11H16O2S2. The van der Waals surface area contributed by atoms with Crippen LogP contribution in [-0.4, -0.2) is 20.4 Å². The first-order chi connectivity index (χ1) is 7.13. The molecule has 2 unspecified atom stereocenters. The maximum Gasteiger partial charge on any atom is 0.0488 e. The summed E-state index contributed by atoms with van der Waals surface area (Å²) in [7, 11) is -1.64. The number of hydrogen-bond acceptors (Lipinski definition) is 2. The van der Waals surface area contributed by atoms with Gasteiger partial charge in [-0.3, -0.25) is 8.42 Å². The summed E-state index contributed by atoms with van der Waals surface area (Å²) >= 11 is 0. The van der Waals surface area contributed by atoms with Gasteiger partial charge in [0, 0.05) is 45.1 Å². The number of benzene rings is 1. The zero-order valence-electron chi connectivity index (χ0n) is 9.06. The molecule has 0 aliphatic heterocycles. The van der Waals surface area contributed by atoms with Gasteiger partial charge in [0.05, 0.1) is 0 Å². The Bertz CT molecular complexity index is 375. The predicted molar refractivity (Wildman–Crippen MR) is 66.6 cm³/mol. The van der Waals surface area contributed by atoms with Crippen LogP contribution in [0.15, 0.2) is 24.3 Å². The quantitative estimate of drug-likeness (QED) is 0.792. The van der Waals surface area contributed by atoms with Gasteiger partial charge >= 0.3 is 0 Å². The van der Waals surface area contributed by atoms with Crippen LogP contribution in [0.4, 0.5) is 0 Å². The van der Waals surface area contributed by atoms with Crippen molar-refractivity contribution in [3.05, 3.63) is 35.4 Å². The summed E-state index contributed by atoms with van der Waals surface area (Å²) in [6.07, 6.45) is 1.69. The van der Waals surface area contributed by atoms with E-state index < -0.39 is 21.6 Å². The topological polar surface area (TPSA) is 34.1 Å². The van der Waals surface area contributed by atoms with Gasteiger partial charge in [-0.2, -0.15) is 0 Å². The van der Waals surface area contributed by atoms with Crippen LogP contribution in [0, 0.1) is 0 Å². The van der Waals surface area contributed by atoms with Crippen LogP contribution in [0.25, 0.3) is 0 Å². The first-order valence-electron chi connectivity index (χ1n) is 4.85. The Labute approximate surface area is 96.0 Å². The van der Waals surface area contributed by atoms with Crippen molar-refractivity contribution in [2.24, 2.45) is 0 Å². The van der Waals surface area contributed by atoms with E-state index in [4.69, 9.17) is 0 Å². The molecule has 0 aromatic heterocycles.